The minimum atomic E-state index is -0.580. The number of ether oxygens (including phenoxy) is 1. The second-order valence-corrected chi connectivity index (χ2v) is 10.2. The minimum Gasteiger partial charge on any atom is -0.463 e. The van der Waals surface area contributed by atoms with Gasteiger partial charge < -0.3 is 15.0 Å². The largest absolute Gasteiger partial charge is 0.463 e. The zero-order chi connectivity index (χ0) is 26.3. The van der Waals surface area contributed by atoms with Gasteiger partial charge in [-0.15, -0.1) is 0 Å². The molecule has 2 saturated heterocycles. The average Bonchev–Trinajstić information content (AvgIpc) is 3.30. The van der Waals surface area contributed by atoms with Crippen molar-refractivity contribution >= 4 is 27.5 Å². The maximum Gasteiger partial charge on any atom is 0.319 e. The fourth-order valence-corrected chi connectivity index (χ4v) is 5.74. The summed E-state index contributed by atoms with van der Waals surface area (Å²) in [6, 6.07) is 14.6. The molecule has 39 heavy (non-hydrogen) atoms. The third kappa shape index (κ3) is 4.52. The summed E-state index contributed by atoms with van der Waals surface area (Å²) in [7, 11) is 0. The van der Waals surface area contributed by atoms with Crippen molar-refractivity contribution in [2.24, 2.45) is 0 Å². The normalized spacial score (nSPS) is 18.7. The van der Waals surface area contributed by atoms with Gasteiger partial charge in [-0.2, -0.15) is 9.97 Å². The van der Waals surface area contributed by atoms with Crippen LogP contribution in [-0.4, -0.2) is 51.7 Å². The van der Waals surface area contributed by atoms with Gasteiger partial charge in [0.15, 0.2) is 5.82 Å². The van der Waals surface area contributed by atoms with Crippen LogP contribution in [0.25, 0.3) is 32.9 Å². The average molecular weight is 525 g/mol. The molecule has 2 fully saturated rings. The number of rotatable bonds is 6. The molecule has 2 aromatic carbocycles. The van der Waals surface area contributed by atoms with Gasteiger partial charge in [0.2, 0.25) is 0 Å². The smallest absolute Gasteiger partial charge is 0.319 e. The molecule has 2 bridgehead atoms. The highest BCUT2D eigenvalue weighted by molar-refractivity contribution is 5.99. The fraction of sp³-hybridized carbons (Fsp3) is 0.267. The van der Waals surface area contributed by atoms with Crippen molar-refractivity contribution < 1.29 is 13.5 Å². The Labute approximate surface area is 223 Å². The fourth-order valence-electron chi connectivity index (χ4n) is 5.74. The number of benzene rings is 2. The lowest BCUT2D eigenvalue weighted by Crippen LogP contribution is -2.51. The maximum absolute atomic E-state index is 16.3. The third-order valence-corrected chi connectivity index (χ3v) is 7.60. The molecule has 3 aromatic heterocycles. The van der Waals surface area contributed by atoms with Crippen molar-refractivity contribution in [1.29, 1.82) is 0 Å². The number of fused-ring (bicyclic) bond motifs is 4. The van der Waals surface area contributed by atoms with Gasteiger partial charge in [0.05, 0.1) is 12.0 Å². The summed E-state index contributed by atoms with van der Waals surface area (Å²) in [6.45, 7) is 1.86. The van der Waals surface area contributed by atoms with Crippen molar-refractivity contribution in [2.45, 2.75) is 31.3 Å². The van der Waals surface area contributed by atoms with E-state index in [1.54, 1.807) is 30.7 Å². The van der Waals surface area contributed by atoms with E-state index >= 15 is 4.39 Å². The van der Waals surface area contributed by atoms with Gasteiger partial charge in [0, 0.05) is 55.7 Å². The van der Waals surface area contributed by atoms with Crippen LogP contribution in [0.5, 0.6) is 6.01 Å². The summed E-state index contributed by atoms with van der Waals surface area (Å²) in [4.78, 5) is 20.1. The van der Waals surface area contributed by atoms with Crippen molar-refractivity contribution in [2.75, 3.05) is 24.6 Å². The van der Waals surface area contributed by atoms with Crippen LogP contribution in [0.3, 0.4) is 0 Å². The lowest BCUT2D eigenvalue weighted by molar-refractivity contribution is 0.297. The van der Waals surface area contributed by atoms with Crippen LogP contribution in [-0.2, 0) is 6.42 Å². The molecule has 2 aliphatic heterocycles. The van der Waals surface area contributed by atoms with Crippen LogP contribution in [0, 0.1) is 11.6 Å². The Morgan fingerprint density at radius 3 is 2.64 bits per heavy atom. The first-order valence-electron chi connectivity index (χ1n) is 13.2. The van der Waals surface area contributed by atoms with Crippen LogP contribution in [0.1, 0.15) is 18.4 Å². The molecule has 0 spiro atoms. The molecule has 5 heterocycles. The molecule has 0 aliphatic carbocycles. The van der Waals surface area contributed by atoms with Crippen molar-refractivity contribution in [1.82, 2.24) is 25.3 Å². The molecule has 5 aromatic rings. The number of aromatic nitrogens is 4. The lowest BCUT2D eigenvalue weighted by atomic mass is 10.0. The molecule has 7 nitrogen and oxygen atoms in total. The van der Waals surface area contributed by atoms with E-state index in [1.165, 1.54) is 12.1 Å². The third-order valence-electron chi connectivity index (χ3n) is 7.60. The highest BCUT2D eigenvalue weighted by atomic mass is 19.1. The Morgan fingerprint density at radius 2 is 1.82 bits per heavy atom. The van der Waals surface area contributed by atoms with E-state index < -0.39 is 11.6 Å². The Morgan fingerprint density at radius 1 is 0.949 bits per heavy atom. The molecule has 2 aliphatic rings. The highest BCUT2D eigenvalue weighted by Crippen LogP contribution is 2.36. The van der Waals surface area contributed by atoms with Gasteiger partial charge in [-0.3, -0.25) is 9.97 Å². The summed E-state index contributed by atoms with van der Waals surface area (Å²) in [5.41, 5.74) is 1.79. The Kier molecular flexibility index (Phi) is 6.00. The number of hydrogen-bond acceptors (Lipinski definition) is 7. The minimum absolute atomic E-state index is 0.116. The molecule has 0 radical (unpaired) electrons. The molecule has 7 rings (SSSR count). The number of nitrogens with zero attached hydrogens (tertiary/aromatic N) is 5. The summed E-state index contributed by atoms with van der Waals surface area (Å²) >= 11 is 0. The quantitative estimate of drug-likeness (QED) is 0.332. The number of pyridine rings is 2. The van der Waals surface area contributed by atoms with Crippen LogP contribution in [0.4, 0.5) is 14.6 Å². The summed E-state index contributed by atoms with van der Waals surface area (Å²) in [6.07, 6.45) is 7.97. The number of anilines is 1. The van der Waals surface area contributed by atoms with Crippen LogP contribution < -0.4 is 15.0 Å². The summed E-state index contributed by atoms with van der Waals surface area (Å²) < 4.78 is 36.4. The van der Waals surface area contributed by atoms with Gasteiger partial charge >= 0.3 is 6.01 Å². The first kappa shape index (κ1) is 23.8. The van der Waals surface area contributed by atoms with Gasteiger partial charge in [0.1, 0.15) is 22.8 Å². The number of piperazine rings is 1. The predicted molar refractivity (Wildman–Crippen MR) is 146 cm³/mol. The van der Waals surface area contributed by atoms with E-state index in [4.69, 9.17) is 9.72 Å². The van der Waals surface area contributed by atoms with E-state index in [2.05, 4.69) is 25.2 Å². The van der Waals surface area contributed by atoms with Crippen LogP contribution >= 0.6 is 0 Å². The Balaban J connectivity index is 1.32. The van der Waals surface area contributed by atoms with Crippen molar-refractivity contribution in [3.63, 3.8) is 0 Å². The van der Waals surface area contributed by atoms with E-state index in [1.807, 2.05) is 24.3 Å². The Hall–Kier alpha value is -4.24. The second-order valence-electron chi connectivity index (χ2n) is 10.2. The SMILES string of the molecule is Fc1ccc2cccc(-c3ncc4c(N5C[C@H]6CC[C@@H](C5)N6)nc(OCCc5cccnc5)nc4c3F)c2c1. The van der Waals surface area contributed by atoms with Crippen molar-refractivity contribution in [3.8, 4) is 17.3 Å². The van der Waals surface area contributed by atoms with E-state index in [9.17, 15) is 4.39 Å². The zero-order valence-electron chi connectivity index (χ0n) is 21.1. The number of hydrogen-bond donors (Lipinski definition) is 1. The topological polar surface area (TPSA) is 76.1 Å². The first-order valence-corrected chi connectivity index (χ1v) is 13.2. The summed E-state index contributed by atoms with van der Waals surface area (Å²) in [5.74, 6) is -0.349. The van der Waals surface area contributed by atoms with Gasteiger partial charge in [-0.05, 0) is 47.4 Å². The molecular formula is C30H26F2N6O. The molecule has 1 N–H and O–H groups in total. The monoisotopic (exact) mass is 524 g/mol. The number of halogens is 2. The molecule has 2 atom stereocenters. The van der Waals surface area contributed by atoms with Crippen molar-refractivity contribution in [3.05, 3.63) is 84.3 Å². The van der Waals surface area contributed by atoms with E-state index in [0.717, 1.165) is 36.9 Å². The number of nitrogens with one attached hydrogen (secondary N) is 1. The van der Waals surface area contributed by atoms with E-state index in [0.29, 0.717) is 47.3 Å². The standard InChI is InChI=1S/C30H26F2N6O/c31-20-7-6-19-4-1-5-23(24(19)13-20)27-26(32)28-25(15-34-27)29(38-16-21-8-9-22(17-38)35-21)37-30(36-28)39-12-10-18-3-2-11-33-14-18/h1-7,11,13-15,21-22,35H,8-10,12,16-17H2/t21-,22+. The van der Waals surface area contributed by atoms with Crippen LogP contribution in [0.15, 0.2) is 67.1 Å². The highest BCUT2D eigenvalue weighted by Gasteiger charge is 2.34. The molecule has 196 valence electrons. The lowest BCUT2D eigenvalue weighted by Gasteiger charge is -2.34. The molecule has 0 saturated carbocycles. The van der Waals surface area contributed by atoms with Crippen LogP contribution in [0.2, 0.25) is 0 Å². The van der Waals surface area contributed by atoms with E-state index in [-0.39, 0.29) is 17.2 Å². The predicted octanol–water partition coefficient (Wildman–Crippen LogP) is 5.08. The zero-order valence-corrected chi connectivity index (χ0v) is 21.1. The molecule has 0 amide bonds. The second kappa shape index (κ2) is 9.81. The van der Waals surface area contributed by atoms with Gasteiger partial charge in [-0.25, -0.2) is 8.78 Å². The van der Waals surface area contributed by atoms with Gasteiger partial charge in [0.25, 0.3) is 0 Å². The summed E-state index contributed by atoms with van der Waals surface area (Å²) in [5, 5.41) is 5.54. The van der Waals surface area contributed by atoms with Gasteiger partial charge in [-0.1, -0.05) is 30.3 Å². The Bertz CT molecular complexity index is 1670. The molecule has 9 heteroatoms. The maximum atomic E-state index is 16.3. The molecular weight excluding hydrogens is 498 g/mol. The first-order chi connectivity index (χ1) is 19.1. The molecule has 0 unspecified atom stereocenters.